The van der Waals surface area contributed by atoms with Gasteiger partial charge in [-0.25, -0.2) is 4.79 Å². The molecule has 0 N–H and O–H groups in total. The first-order valence-electron chi connectivity index (χ1n) is 4.78. The second-order valence-corrected chi connectivity index (χ2v) is 3.44. The van der Waals surface area contributed by atoms with Crippen molar-refractivity contribution in [3.05, 3.63) is 41.0 Å². The van der Waals surface area contributed by atoms with Crippen molar-refractivity contribution >= 4 is 12.0 Å². The van der Waals surface area contributed by atoms with Gasteiger partial charge in [0.25, 0.3) is 0 Å². The minimum Gasteiger partial charge on any atom is -0.466 e. The van der Waals surface area contributed by atoms with Crippen LogP contribution in [0.15, 0.2) is 29.8 Å². The van der Waals surface area contributed by atoms with Crippen LogP contribution in [0, 0.1) is 0 Å². The van der Waals surface area contributed by atoms with Gasteiger partial charge in [0.05, 0.1) is 12.7 Å². The highest BCUT2D eigenvalue weighted by Crippen LogP contribution is 2.29. The molecule has 0 amide bonds. The summed E-state index contributed by atoms with van der Waals surface area (Å²) in [6, 6.07) is 4.54. The molecule has 92 valence electrons. The van der Waals surface area contributed by atoms with Gasteiger partial charge in [0.1, 0.15) is 0 Å². The first-order chi connectivity index (χ1) is 7.84. The zero-order valence-electron chi connectivity index (χ0n) is 9.34. The van der Waals surface area contributed by atoms with E-state index in [1.54, 1.807) is 0 Å². The molecule has 0 heterocycles. The van der Waals surface area contributed by atoms with Crippen LogP contribution in [0.1, 0.15) is 18.1 Å². The Morgan fingerprint density at radius 3 is 2.18 bits per heavy atom. The monoisotopic (exact) mass is 244 g/mol. The fourth-order valence-electron chi connectivity index (χ4n) is 1.24. The van der Waals surface area contributed by atoms with Crippen LogP contribution >= 0.6 is 0 Å². The molecule has 5 heteroatoms. The Morgan fingerprint density at radius 1 is 1.24 bits per heavy atom. The molecule has 0 radical (unpaired) electrons. The molecule has 0 unspecified atom stereocenters. The topological polar surface area (TPSA) is 26.3 Å². The number of methoxy groups -OCH3 is 1. The van der Waals surface area contributed by atoms with Crippen LogP contribution in [0.5, 0.6) is 0 Å². The van der Waals surface area contributed by atoms with Crippen molar-refractivity contribution in [2.24, 2.45) is 0 Å². The molecule has 0 aromatic heterocycles. The predicted molar refractivity (Wildman–Crippen MR) is 57.1 cm³/mol. The maximum absolute atomic E-state index is 12.3. The van der Waals surface area contributed by atoms with Crippen molar-refractivity contribution in [1.82, 2.24) is 0 Å². The average molecular weight is 244 g/mol. The molecular weight excluding hydrogens is 233 g/mol. The first-order valence-corrected chi connectivity index (χ1v) is 4.78. The van der Waals surface area contributed by atoms with Crippen molar-refractivity contribution in [1.29, 1.82) is 0 Å². The highest BCUT2D eigenvalue weighted by molar-refractivity contribution is 5.92. The lowest BCUT2D eigenvalue weighted by Crippen LogP contribution is -2.04. The predicted octanol–water partition coefficient (Wildman–Crippen LogP) is 3.28. The molecule has 0 aliphatic carbocycles. The van der Waals surface area contributed by atoms with Crippen LogP contribution in [0.3, 0.4) is 0 Å². The molecule has 1 rings (SSSR count). The fraction of sp³-hybridized carbons (Fsp3) is 0.250. The number of hydrogen-bond acceptors (Lipinski definition) is 2. The molecule has 0 saturated heterocycles. The smallest absolute Gasteiger partial charge is 0.416 e. The van der Waals surface area contributed by atoms with Crippen LogP contribution in [0.25, 0.3) is 6.08 Å². The summed E-state index contributed by atoms with van der Waals surface area (Å²) >= 11 is 0. The van der Waals surface area contributed by atoms with Gasteiger partial charge in [0.2, 0.25) is 0 Å². The van der Waals surface area contributed by atoms with Crippen LogP contribution < -0.4 is 0 Å². The molecule has 0 fully saturated rings. The zero-order chi connectivity index (χ0) is 13.1. The minimum atomic E-state index is -4.35. The van der Waals surface area contributed by atoms with Gasteiger partial charge in [-0.2, -0.15) is 13.2 Å². The SMILES string of the molecule is COC(=O)/C(C)=C/c1ccc(C(F)(F)F)cc1. The van der Waals surface area contributed by atoms with Gasteiger partial charge in [-0.15, -0.1) is 0 Å². The number of alkyl halides is 3. The highest BCUT2D eigenvalue weighted by Gasteiger charge is 2.29. The molecule has 1 aromatic carbocycles. The molecule has 17 heavy (non-hydrogen) atoms. The Hall–Kier alpha value is -1.78. The molecule has 0 spiro atoms. The lowest BCUT2D eigenvalue weighted by atomic mass is 10.1. The summed E-state index contributed by atoms with van der Waals surface area (Å²) in [5.41, 5.74) is 0.124. The largest absolute Gasteiger partial charge is 0.466 e. The summed E-state index contributed by atoms with van der Waals surface area (Å²) in [5, 5.41) is 0. The molecule has 2 nitrogen and oxygen atoms in total. The van der Waals surface area contributed by atoms with Crippen molar-refractivity contribution in [3.63, 3.8) is 0 Å². The third kappa shape index (κ3) is 3.62. The quantitative estimate of drug-likeness (QED) is 0.589. The molecule has 0 atom stereocenters. The molecule has 0 saturated carbocycles. The average Bonchev–Trinajstić information content (AvgIpc) is 2.27. The summed E-state index contributed by atoms with van der Waals surface area (Å²) in [6.07, 6.45) is -2.88. The van der Waals surface area contributed by atoms with Crippen LogP contribution in [-0.2, 0) is 15.7 Å². The number of ether oxygens (including phenoxy) is 1. The summed E-state index contributed by atoms with van der Waals surface area (Å²) in [6.45, 7) is 1.53. The number of esters is 1. The van der Waals surface area contributed by atoms with E-state index in [0.29, 0.717) is 11.1 Å². The fourth-order valence-corrected chi connectivity index (χ4v) is 1.24. The van der Waals surface area contributed by atoms with Crippen molar-refractivity contribution in [2.45, 2.75) is 13.1 Å². The second kappa shape index (κ2) is 5.03. The zero-order valence-corrected chi connectivity index (χ0v) is 9.34. The second-order valence-electron chi connectivity index (χ2n) is 3.44. The van der Waals surface area contributed by atoms with E-state index in [1.165, 1.54) is 32.2 Å². The van der Waals surface area contributed by atoms with E-state index >= 15 is 0 Å². The van der Waals surface area contributed by atoms with Gasteiger partial charge >= 0.3 is 12.1 Å². The summed E-state index contributed by atoms with van der Waals surface area (Å²) in [7, 11) is 1.24. The number of halogens is 3. The van der Waals surface area contributed by atoms with E-state index in [0.717, 1.165) is 12.1 Å². The van der Waals surface area contributed by atoms with E-state index < -0.39 is 17.7 Å². The Labute approximate surface area is 96.7 Å². The van der Waals surface area contributed by atoms with E-state index in [4.69, 9.17) is 0 Å². The lowest BCUT2D eigenvalue weighted by molar-refractivity contribution is -0.138. The molecule has 0 bridgehead atoms. The molecule has 0 aliphatic rings. The number of hydrogen-bond donors (Lipinski definition) is 0. The van der Waals surface area contributed by atoms with E-state index in [1.807, 2.05) is 0 Å². The van der Waals surface area contributed by atoms with Gasteiger partial charge in [0.15, 0.2) is 0 Å². The highest BCUT2D eigenvalue weighted by atomic mass is 19.4. The van der Waals surface area contributed by atoms with E-state index in [9.17, 15) is 18.0 Å². The van der Waals surface area contributed by atoms with Gasteiger partial charge in [0, 0.05) is 5.57 Å². The van der Waals surface area contributed by atoms with Gasteiger partial charge < -0.3 is 4.74 Å². The van der Waals surface area contributed by atoms with E-state index in [-0.39, 0.29) is 0 Å². The van der Waals surface area contributed by atoms with E-state index in [2.05, 4.69) is 4.74 Å². The first kappa shape index (κ1) is 13.3. The maximum Gasteiger partial charge on any atom is 0.416 e. The van der Waals surface area contributed by atoms with Gasteiger partial charge in [-0.05, 0) is 30.7 Å². The normalized spacial score (nSPS) is 12.4. The molecular formula is C12H11F3O2. The number of rotatable bonds is 2. The Bertz CT molecular complexity index is 430. The minimum absolute atomic E-state index is 0.326. The Kier molecular flexibility index (Phi) is 3.93. The summed E-state index contributed by atoms with van der Waals surface area (Å²) in [4.78, 5) is 11.1. The summed E-state index contributed by atoms with van der Waals surface area (Å²) < 4.78 is 41.3. The number of benzene rings is 1. The van der Waals surface area contributed by atoms with Crippen LogP contribution in [-0.4, -0.2) is 13.1 Å². The molecule has 0 aliphatic heterocycles. The Morgan fingerprint density at radius 2 is 1.76 bits per heavy atom. The third-order valence-electron chi connectivity index (χ3n) is 2.13. The number of carbonyl (C=O) groups excluding carboxylic acids is 1. The molecule has 1 aromatic rings. The van der Waals surface area contributed by atoms with Crippen LogP contribution in [0.2, 0.25) is 0 Å². The van der Waals surface area contributed by atoms with Crippen LogP contribution in [0.4, 0.5) is 13.2 Å². The summed E-state index contributed by atoms with van der Waals surface area (Å²) in [5.74, 6) is -0.509. The number of carbonyl (C=O) groups is 1. The van der Waals surface area contributed by atoms with Crippen molar-refractivity contribution < 1.29 is 22.7 Å². The lowest BCUT2D eigenvalue weighted by Gasteiger charge is -2.06. The van der Waals surface area contributed by atoms with Crippen molar-refractivity contribution in [2.75, 3.05) is 7.11 Å². The van der Waals surface area contributed by atoms with Crippen molar-refractivity contribution in [3.8, 4) is 0 Å². The Balaban J connectivity index is 2.93. The maximum atomic E-state index is 12.3. The van der Waals surface area contributed by atoms with Gasteiger partial charge in [-0.3, -0.25) is 0 Å². The standard InChI is InChI=1S/C12H11F3O2/c1-8(11(16)17-2)7-9-3-5-10(6-4-9)12(13,14)15/h3-7H,1-2H3/b8-7+. The third-order valence-corrected chi connectivity index (χ3v) is 2.13. The van der Waals surface area contributed by atoms with Gasteiger partial charge in [-0.1, -0.05) is 12.1 Å².